The number of aryl methyl sites for hydroxylation is 2. The maximum atomic E-state index is 11.9. The van der Waals surface area contributed by atoms with Crippen LogP contribution in [0.15, 0.2) is 42.5 Å². The van der Waals surface area contributed by atoms with Gasteiger partial charge in [-0.3, -0.25) is 4.79 Å². The predicted molar refractivity (Wildman–Crippen MR) is 81.5 cm³/mol. The number of amides is 1. The van der Waals surface area contributed by atoms with Gasteiger partial charge in [0.2, 0.25) is 0 Å². The van der Waals surface area contributed by atoms with Gasteiger partial charge >= 0.3 is 0 Å². The second kappa shape index (κ2) is 6.44. The summed E-state index contributed by atoms with van der Waals surface area (Å²) in [7, 11) is 0. The van der Waals surface area contributed by atoms with Gasteiger partial charge < -0.3 is 10.1 Å². The summed E-state index contributed by atoms with van der Waals surface area (Å²) >= 11 is 5.96. The summed E-state index contributed by atoms with van der Waals surface area (Å²) in [5.74, 6) is 0.295. The molecule has 0 heterocycles. The molecule has 0 aliphatic carbocycles. The fourth-order valence-electron chi connectivity index (χ4n) is 1.76. The average Bonchev–Trinajstić information content (AvgIpc) is 2.42. The van der Waals surface area contributed by atoms with Crippen molar-refractivity contribution in [3.8, 4) is 5.75 Å². The number of hydrogen-bond donors (Lipinski definition) is 1. The monoisotopic (exact) mass is 289 g/mol. The highest BCUT2D eigenvalue weighted by atomic mass is 35.5. The number of benzene rings is 2. The second-order valence-corrected chi connectivity index (χ2v) is 4.99. The summed E-state index contributed by atoms with van der Waals surface area (Å²) in [6.45, 7) is 3.86. The summed E-state index contributed by atoms with van der Waals surface area (Å²) in [4.78, 5) is 11.9. The van der Waals surface area contributed by atoms with Crippen molar-refractivity contribution in [2.24, 2.45) is 0 Å². The molecule has 0 aliphatic heterocycles. The van der Waals surface area contributed by atoms with E-state index >= 15 is 0 Å². The Labute approximate surface area is 123 Å². The van der Waals surface area contributed by atoms with Crippen molar-refractivity contribution in [3.63, 3.8) is 0 Å². The maximum absolute atomic E-state index is 11.9. The first kappa shape index (κ1) is 14.4. The number of carbonyl (C=O) groups is 1. The lowest BCUT2D eigenvalue weighted by atomic mass is 10.1. The zero-order valence-electron chi connectivity index (χ0n) is 11.4. The third-order valence-corrected chi connectivity index (χ3v) is 3.17. The van der Waals surface area contributed by atoms with Gasteiger partial charge in [-0.15, -0.1) is 0 Å². The average molecular weight is 290 g/mol. The minimum absolute atomic E-state index is 0.0723. The van der Waals surface area contributed by atoms with Gasteiger partial charge in [-0.05, 0) is 43.2 Å². The van der Waals surface area contributed by atoms with E-state index in [1.807, 2.05) is 44.2 Å². The lowest BCUT2D eigenvalue weighted by molar-refractivity contribution is -0.118. The van der Waals surface area contributed by atoms with E-state index in [4.69, 9.17) is 16.3 Å². The molecule has 0 spiro atoms. The van der Waals surface area contributed by atoms with Gasteiger partial charge in [-0.25, -0.2) is 0 Å². The molecule has 20 heavy (non-hydrogen) atoms. The minimum atomic E-state index is -0.210. The SMILES string of the molecule is Cc1ccc(C)c(NC(=O)COc2ccccc2Cl)c1. The Balaban J connectivity index is 1.96. The van der Waals surface area contributed by atoms with Gasteiger partial charge in [-0.1, -0.05) is 35.9 Å². The molecule has 0 saturated heterocycles. The molecule has 4 heteroatoms. The van der Waals surface area contributed by atoms with Gasteiger partial charge in [0, 0.05) is 5.69 Å². The van der Waals surface area contributed by atoms with Crippen LogP contribution in [0, 0.1) is 13.8 Å². The number of nitrogens with one attached hydrogen (secondary N) is 1. The van der Waals surface area contributed by atoms with E-state index in [1.165, 1.54) is 0 Å². The summed E-state index contributed by atoms with van der Waals surface area (Å²) in [5, 5.41) is 3.33. The largest absolute Gasteiger partial charge is 0.482 e. The topological polar surface area (TPSA) is 38.3 Å². The molecule has 0 aliphatic rings. The summed E-state index contributed by atoms with van der Waals surface area (Å²) in [6, 6.07) is 13.0. The van der Waals surface area contributed by atoms with Crippen LogP contribution in [-0.2, 0) is 4.79 Å². The van der Waals surface area contributed by atoms with Gasteiger partial charge in [-0.2, -0.15) is 0 Å². The van der Waals surface area contributed by atoms with E-state index in [1.54, 1.807) is 12.1 Å². The first-order valence-electron chi connectivity index (χ1n) is 6.30. The van der Waals surface area contributed by atoms with Crippen LogP contribution in [0.3, 0.4) is 0 Å². The fraction of sp³-hybridized carbons (Fsp3) is 0.188. The van der Waals surface area contributed by atoms with E-state index in [0.29, 0.717) is 10.8 Å². The van der Waals surface area contributed by atoms with Crippen molar-refractivity contribution in [2.75, 3.05) is 11.9 Å². The standard InChI is InChI=1S/C16H16ClNO2/c1-11-7-8-12(2)14(9-11)18-16(19)10-20-15-6-4-3-5-13(15)17/h3-9H,10H2,1-2H3,(H,18,19). The molecule has 104 valence electrons. The number of hydrogen-bond acceptors (Lipinski definition) is 2. The summed E-state index contributed by atoms with van der Waals surface area (Å²) in [6.07, 6.45) is 0. The van der Waals surface area contributed by atoms with Crippen molar-refractivity contribution in [1.82, 2.24) is 0 Å². The molecule has 0 saturated carbocycles. The van der Waals surface area contributed by atoms with Crippen molar-refractivity contribution < 1.29 is 9.53 Å². The highest BCUT2D eigenvalue weighted by Gasteiger charge is 2.07. The molecule has 0 bridgehead atoms. The normalized spacial score (nSPS) is 10.2. The van der Waals surface area contributed by atoms with E-state index in [-0.39, 0.29) is 12.5 Å². The Morgan fingerprint density at radius 1 is 1.20 bits per heavy atom. The van der Waals surface area contributed by atoms with Crippen molar-refractivity contribution in [3.05, 3.63) is 58.6 Å². The molecule has 2 aromatic carbocycles. The highest BCUT2D eigenvalue weighted by Crippen LogP contribution is 2.23. The molecule has 0 atom stereocenters. The van der Waals surface area contributed by atoms with Crippen LogP contribution < -0.4 is 10.1 Å². The van der Waals surface area contributed by atoms with Gasteiger partial charge in [0.15, 0.2) is 6.61 Å². The van der Waals surface area contributed by atoms with Crippen molar-refractivity contribution in [1.29, 1.82) is 0 Å². The van der Waals surface area contributed by atoms with Crippen molar-refractivity contribution >= 4 is 23.2 Å². The zero-order chi connectivity index (χ0) is 14.5. The Kier molecular flexibility index (Phi) is 4.64. The van der Waals surface area contributed by atoms with Crippen LogP contribution in [0.1, 0.15) is 11.1 Å². The molecule has 2 aromatic rings. The first-order valence-corrected chi connectivity index (χ1v) is 6.68. The lowest BCUT2D eigenvalue weighted by Gasteiger charge is -2.11. The molecule has 0 unspecified atom stereocenters. The Hall–Kier alpha value is -2.00. The van der Waals surface area contributed by atoms with Crippen LogP contribution in [0.5, 0.6) is 5.75 Å². The van der Waals surface area contributed by atoms with Crippen molar-refractivity contribution in [2.45, 2.75) is 13.8 Å². The van der Waals surface area contributed by atoms with E-state index in [2.05, 4.69) is 5.32 Å². The molecule has 0 aromatic heterocycles. The molecular weight excluding hydrogens is 274 g/mol. The number of anilines is 1. The van der Waals surface area contributed by atoms with Crippen LogP contribution in [0.2, 0.25) is 5.02 Å². The van der Waals surface area contributed by atoms with E-state index < -0.39 is 0 Å². The Morgan fingerprint density at radius 2 is 1.95 bits per heavy atom. The zero-order valence-corrected chi connectivity index (χ0v) is 12.2. The number of rotatable bonds is 4. The lowest BCUT2D eigenvalue weighted by Crippen LogP contribution is -2.20. The number of para-hydroxylation sites is 1. The molecule has 3 nitrogen and oxygen atoms in total. The maximum Gasteiger partial charge on any atom is 0.262 e. The molecule has 0 fully saturated rings. The first-order chi connectivity index (χ1) is 9.56. The highest BCUT2D eigenvalue weighted by molar-refractivity contribution is 6.32. The number of ether oxygens (including phenoxy) is 1. The molecule has 2 rings (SSSR count). The number of carbonyl (C=O) groups excluding carboxylic acids is 1. The van der Waals surface area contributed by atoms with Crippen LogP contribution in [-0.4, -0.2) is 12.5 Å². The third-order valence-electron chi connectivity index (χ3n) is 2.86. The molecule has 1 amide bonds. The molecule has 0 radical (unpaired) electrons. The third kappa shape index (κ3) is 3.75. The minimum Gasteiger partial charge on any atom is -0.482 e. The van der Waals surface area contributed by atoms with Gasteiger partial charge in [0.05, 0.1) is 5.02 Å². The Bertz CT molecular complexity index is 626. The molecular formula is C16H16ClNO2. The Morgan fingerprint density at radius 3 is 2.70 bits per heavy atom. The smallest absolute Gasteiger partial charge is 0.262 e. The van der Waals surface area contributed by atoms with E-state index in [9.17, 15) is 4.79 Å². The van der Waals surface area contributed by atoms with E-state index in [0.717, 1.165) is 16.8 Å². The summed E-state index contributed by atoms with van der Waals surface area (Å²) < 4.78 is 5.40. The van der Waals surface area contributed by atoms with Crippen LogP contribution in [0.25, 0.3) is 0 Å². The van der Waals surface area contributed by atoms with Crippen LogP contribution in [0.4, 0.5) is 5.69 Å². The van der Waals surface area contributed by atoms with Gasteiger partial charge in [0.25, 0.3) is 5.91 Å². The summed E-state index contributed by atoms with van der Waals surface area (Å²) in [5.41, 5.74) is 2.91. The van der Waals surface area contributed by atoms with Crippen LogP contribution >= 0.6 is 11.6 Å². The second-order valence-electron chi connectivity index (χ2n) is 4.59. The quantitative estimate of drug-likeness (QED) is 0.925. The fourth-order valence-corrected chi connectivity index (χ4v) is 1.95. The number of halogens is 1. The predicted octanol–water partition coefficient (Wildman–Crippen LogP) is 3.97. The van der Waals surface area contributed by atoms with Gasteiger partial charge in [0.1, 0.15) is 5.75 Å². The molecule has 1 N–H and O–H groups in total.